The number of carbonyl (C=O) groups excluding carboxylic acids is 1. The number of ether oxygens (including phenoxy) is 1. The summed E-state index contributed by atoms with van der Waals surface area (Å²) in [5.41, 5.74) is 2.37. The highest BCUT2D eigenvalue weighted by Crippen LogP contribution is 2.37. The average molecular weight is 449 g/mol. The van der Waals surface area contributed by atoms with Crippen LogP contribution in [0.4, 0.5) is 27.4 Å². The number of rotatable bonds is 7. The molecule has 11 nitrogen and oxygen atoms in total. The molecule has 12 heteroatoms. The molecule has 0 aliphatic heterocycles. The summed E-state index contributed by atoms with van der Waals surface area (Å²) in [5, 5.41) is 22.8. The number of benzene rings is 1. The molecule has 0 bridgehead atoms. The van der Waals surface area contributed by atoms with Crippen LogP contribution in [0.2, 0.25) is 0 Å². The number of halogens is 1. The van der Waals surface area contributed by atoms with E-state index in [4.69, 9.17) is 4.74 Å². The second-order valence-electron chi connectivity index (χ2n) is 6.88. The molecular formula is C21H20FN9O2. The molecule has 0 fully saturated rings. The molecule has 0 aliphatic rings. The first-order chi connectivity index (χ1) is 16.0. The molecule has 4 aromatic rings. The second kappa shape index (κ2) is 9.26. The molecule has 33 heavy (non-hydrogen) atoms. The number of nitrogens with one attached hydrogen (secondary N) is 4. The molecule has 4 N–H and O–H groups in total. The number of carbonyl (C=O) groups is 1. The van der Waals surface area contributed by atoms with Crippen LogP contribution in [-0.2, 0) is 0 Å². The van der Waals surface area contributed by atoms with Crippen LogP contribution in [0.1, 0.15) is 15.9 Å². The van der Waals surface area contributed by atoms with Crippen LogP contribution in [0, 0.1) is 12.7 Å². The minimum atomic E-state index is -0.403. The van der Waals surface area contributed by atoms with Gasteiger partial charge in [-0.3, -0.25) is 4.79 Å². The molecule has 0 saturated heterocycles. The fourth-order valence-electron chi connectivity index (χ4n) is 3.13. The van der Waals surface area contributed by atoms with Gasteiger partial charge in [-0.15, -0.1) is 10.2 Å². The lowest BCUT2D eigenvalue weighted by Gasteiger charge is -2.17. The van der Waals surface area contributed by atoms with E-state index in [1.165, 1.54) is 20.4 Å². The first-order valence-corrected chi connectivity index (χ1v) is 9.79. The minimum Gasteiger partial charge on any atom is -0.494 e. The number of H-pyrrole nitrogens is 1. The van der Waals surface area contributed by atoms with Crippen molar-refractivity contribution in [3.05, 3.63) is 59.7 Å². The highest BCUT2D eigenvalue weighted by molar-refractivity contribution is 6.00. The van der Waals surface area contributed by atoms with Crippen molar-refractivity contribution in [3.8, 4) is 17.1 Å². The zero-order chi connectivity index (χ0) is 23.4. The number of para-hydroxylation sites is 1. The van der Waals surface area contributed by atoms with Crippen molar-refractivity contribution >= 4 is 28.9 Å². The van der Waals surface area contributed by atoms with Crippen LogP contribution in [0.3, 0.4) is 0 Å². The van der Waals surface area contributed by atoms with Gasteiger partial charge in [-0.05, 0) is 35.9 Å². The number of anilines is 4. The Morgan fingerprint density at radius 3 is 2.58 bits per heavy atom. The third kappa shape index (κ3) is 4.54. The summed E-state index contributed by atoms with van der Waals surface area (Å²) in [5.74, 6) is 0.898. The van der Waals surface area contributed by atoms with Gasteiger partial charge >= 0.3 is 0 Å². The maximum atomic E-state index is 13.5. The summed E-state index contributed by atoms with van der Waals surface area (Å²) in [6, 6.07) is 8.58. The SMILES string of the molecule is CNC(=O)c1cnc(Nc2cc(C)c(F)cn2)cc1Nc1cccc(-c2nn[nH]n2)c1OC. The van der Waals surface area contributed by atoms with Crippen LogP contribution in [0.15, 0.2) is 42.7 Å². The average Bonchev–Trinajstić information content (AvgIpc) is 3.36. The van der Waals surface area contributed by atoms with Gasteiger partial charge in [-0.1, -0.05) is 6.07 Å². The summed E-state index contributed by atoms with van der Waals surface area (Å²) in [7, 11) is 3.05. The molecular weight excluding hydrogens is 429 g/mol. The lowest BCUT2D eigenvalue weighted by Crippen LogP contribution is -2.19. The Hall–Kier alpha value is -4.61. The van der Waals surface area contributed by atoms with Crippen LogP contribution in [0.5, 0.6) is 5.75 Å². The van der Waals surface area contributed by atoms with Gasteiger partial charge in [-0.25, -0.2) is 14.4 Å². The summed E-state index contributed by atoms with van der Waals surface area (Å²) >= 11 is 0. The monoisotopic (exact) mass is 449 g/mol. The summed E-state index contributed by atoms with van der Waals surface area (Å²) in [6.45, 7) is 1.64. The van der Waals surface area contributed by atoms with Gasteiger partial charge in [-0.2, -0.15) is 5.21 Å². The van der Waals surface area contributed by atoms with E-state index < -0.39 is 5.82 Å². The van der Waals surface area contributed by atoms with Crippen molar-refractivity contribution in [3.63, 3.8) is 0 Å². The quantitative estimate of drug-likeness (QED) is 0.335. The van der Waals surface area contributed by atoms with E-state index in [2.05, 4.69) is 46.5 Å². The smallest absolute Gasteiger partial charge is 0.254 e. The highest BCUT2D eigenvalue weighted by Gasteiger charge is 2.18. The van der Waals surface area contributed by atoms with E-state index in [1.807, 2.05) is 0 Å². The number of tetrazole rings is 1. The first-order valence-electron chi connectivity index (χ1n) is 9.79. The van der Waals surface area contributed by atoms with Crippen molar-refractivity contribution < 1.29 is 13.9 Å². The Kier molecular flexibility index (Phi) is 6.06. The normalized spacial score (nSPS) is 10.5. The van der Waals surface area contributed by atoms with E-state index >= 15 is 0 Å². The predicted molar refractivity (Wildman–Crippen MR) is 119 cm³/mol. The lowest BCUT2D eigenvalue weighted by atomic mass is 10.1. The zero-order valence-electron chi connectivity index (χ0n) is 18.0. The topological polar surface area (TPSA) is 143 Å². The molecule has 0 radical (unpaired) electrons. The van der Waals surface area contributed by atoms with Crippen molar-refractivity contribution in [2.24, 2.45) is 0 Å². The first kappa shape index (κ1) is 21.6. The number of nitrogens with zero attached hydrogens (tertiary/aromatic N) is 5. The number of hydrogen-bond donors (Lipinski definition) is 4. The van der Waals surface area contributed by atoms with Gasteiger partial charge in [0.25, 0.3) is 5.91 Å². The van der Waals surface area contributed by atoms with Crippen molar-refractivity contribution in [2.75, 3.05) is 24.8 Å². The molecule has 0 saturated carbocycles. The Bertz CT molecular complexity index is 1300. The summed E-state index contributed by atoms with van der Waals surface area (Å²) < 4.78 is 19.1. The van der Waals surface area contributed by atoms with Crippen molar-refractivity contribution in [2.45, 2.75) is 6.92 Å². The zero-order valence-corrected chi connectivity index (χ0v) is 18.0. The van der Waals surface area contributed by atoms with Gasteiger partial charge in [0.2, 0.25) is 5.82 Å². The Labute approximate surface area is 187 Å². The van der Waals surface area contributed by atoms with E-state index in [-0.39, 0.29) is 5.91 Å². The van der Waals surface area contributed by atoms with Gasteiger partial charge in [0.05, 0.1) is 35.8 Å². The molecule has 1 aromatic carbocycles. The van der Waals surface area contributed by atoms with Gasteiger partial charge in [0.1, 0.15) is 17.5 Å². The van der Waals surface area contributed by atoms with Gasteiger partial charge in [0, 0.05) is 19.3 Å². The van der Waals surface area contributed by atoms with Crippen LogP contribution < -0.4 is 20.7 Å². The Morgan fingerprint density at radius 1 is 1.09 bits per heavy atom. The van der Waals surface area contributed by atoms with E-state index in [9.17, 15) is 9.18 Å². The molecule has 3 heterocycles. The van der Waals surface area contributed by atoms with Crippen LogP contribution in [-0.4, -0.2) is 50.7 Å². The minimum absolute atomic E-state index is 0.304. The molecule has 0 atom stereocenters. The molecule has 0 spiro atoms. The number of aromatic amines is 1. The largest absolute Gasteiger partial charge is 0.494 e. The van der Waals surface area contributed by atoms with Crippen molar-refractivity contribution in [1.82, 2.24) is 35.9 Å². The molecule has 0 unspecified atom stereocenters. The van der Waals surface area contributed by atoms with Crippen LogP contribution in [0.25, 0.3) is 11.4 Å². The van der Waals surface area contributed by atoms with Crippen LogP contribution >= 0.6 is 0 Å². The number of aromatic nitrogens is 6. The fraction of sp³-hybridized carbons (Fsp3) is 0.143. The molecule has 1 amide bonds. The standard InChI is InChI=1S/C21H20FN9O2/c1-11-7-17(25-10-14(11)22)27-18-8-16(13(9-24-18)21(32)23-2)26-15-6-4-5-12(19(15)33-3)20-28-30-31-29-20/h4-10H,1-3H3,(H,23,32)(H2,24,25,26,27)(H,28,29,30,31). The molecule has 4 rings (SSSR count). The summed E-state index contributed by atoms with van der Waals surface area (Å²) in [6.07, 6.45) is 2.55. The van der Waals surface area contributed by atoms with E-state index in [0.29, 0.717) is 51.3 Å². The Balaban J connectivity index is 1.73. The number of hydrogen-bond acceptors (Lipinski definition) is 9. The molecule has 3 aromatic heterocycles. The van der Waals surface area contributed by atoms with Crippen molar-refractivity contribution in [1.29, 1.82) is 0 Å². The highest BCUT2D eigenvalue weighted by atomic mass is 19.1. The third-order valence-corrected chi connectivity index (χ3v) is 4.75. The fourth-order valence-corrected chi connectivity index (χ4v) is 3.13. The maximum absolute atomic E-state index is 13.5. The van der Waals surface area contributed by atoms with Gasteiger partial charge in [0.15, 0.2) is 5.75 Å². The summed E-state index contributed by atoms with van der Waals surface area (Å²) in [4.78, 5) is 20.8. The second-order valence-corrected chi connectivity index (χ2v) is 6.88. The predicted octanol–water partition coefficient (Wildman–Crippen LogP) is 2.96. The maximum Gasteiger partial charge on any atom is 0.254 e. The molecule has 0 aliphatic carbocycles. The van der Waals surface area contributed by atoms with Gasteiger partial charge < -0.3 is 20.7 Å². The lowest BCUT2D eigenvalue weighted by molar-refractivity contribution is 0.0963. The number of aryl methyl sites for hydroxylation is 1. The number of methoxy groups -OCH3 is 1. The Morgan fingerprint density at radius 2 is 1.88 bits per heavy atom. The third-order valence-electron chi connectivity index (χ3n) is 4.75. The van der Waals surface area contributed by atoms with E-state index in [1.54, 1.807) is 37.3 Å². The van der Waals surface area contributed by atoms with E-state index in [0.717, 1.165) is 6.20 Å². The molecule has 168 valence electrons. The number of pyridine rings is 2. The number of amides is 1.